The average molecular weight is 319 g/mol. The van der Waals surface area contributed by atoms with Gasteiger partial charge in [0.05, 0.1) is 16.6 Å². The second-order valence-corrected chi connectivity index (χ2v) is 6.55. The first-order valence-electron chi connectivity index (χ1n) is 6.69. The zero-order valence-electron chi connectivity index (χ0n) is 12.3. The minimum atomic E-state index is -3.89. The van der Waals surface area contributed by atoms with Crippen molar-refractivity contribution in [3.05, 3.63) is 59.9 Å². The fourth-order valence-electron chi connectivity index (χ4n) is 1.83. The van der Waals surface area contributed by atoms with Gasteiger partial charge in [-0.3, -0.25) is 4.98 Å². The lowest BCUT2D eigenvalue weighted by Crippen LogP contribution is -2.40. The quantitative estimate of drug-likeness (QED) is 0.903. The van der Waals surface area contributed by atoms with E-state index in [1.807, 2.05) is 11.6 Å². The van der Waals surface area contributed by atoms with E-state index in [9.17, 15) is 13.2 Å². The Labute approximate surface area is 129 Å². The van der Waals surface area contributed by atoms with E-state index in [1.165, 1.54) is 12.1 Å². The van der Waals surface area contributed by atoms with Crippen LogP contribution in [0.5, 0.6) is 0 Å². The third-order valence-electron chi connectivity index (χ3n) is 3.04. The summed E-state index contributed by atoms with van der Waals surface area (Å²) >= 11 is 0. The molecule has 1 atom stereocenters. The molecule has 22 heavy (non-hydrogen) atoms. The van der Waals surface area contributed by atoms with E-state index in [0.717, 1.165) is 5.56 Å². The number of carbonyl (C=O) groups is 1. The van der Waals surface area contributed by atoms with Crippen molar-refractivity contribution in [3.8, 4) is 0 Å². The first-order valence-corrected chi connectivity index (χ1v) is 8.18. The summed E-state index contributed by atoms with van der Waals surface area (Å²) in [6.45, 7) is 3.57. The summed E-state index contributed by atoms with van der Waals surface area (Å²) in [7, 11) is -3.89. The number of aromatic nitrogens is 1. The Balaban J connectivity index is 2.03. The number of carbonyl (C=O) groups excluding carboxylic acids is 1. The molecular formula is C15H17N3O3S. The van der Waals surface area contributed by atoms with Crippen molar-refractivity contribution in [1.29, 1.82) is 0 Å². The predicted octanol–water partition coefficient (Wildman–Crippen LogP) is 2.14. The van der Waals surface area contributed by atoms with Crippen molar-refractivity contribution in [2.24, 2.45) is 0 Å². The van der Waals surface area contributed by atoms with E-state index >= 15 is 0 Å². The first kappa shape index (κ1) is 16.0. The molecule has 0 aliphatic carbocycles. The number of nitrogens with one attached hydrogen (secondary N) is 2. The molecule has 0 spiro atoms. The van der Waals surface area contributed by atoms with Gasteiger partial charge in [-0.15, -0.1) is 0 Å². The average Bonchev–Trinajstić information content (AvgIpc) is 2.48. The standard InChI is InChI=1S/C15H17N3O3S/c1-11-6-8-13(9-7-11)22(20,21)18-15(19)17-12(2)14-5-3-4-10-16-14/h3-10,12H,1-2H3,(H2,17,18,19). The number of hydrogen-bond acceptors (Lipinski definition) is 4. The van der Waals surface area contributed by atoms with Gasteiger partial charge < -0.3 is 5.32 Å². The van der Waals surface area contributed by atoms with Crippen molar-refractivity contribution in [3.63, 3.8) is 0 Å². The Morgan fingerprint density at radius 3 is 2.41 bits per heavy atom. The normalized spacial score (nSPS) is 12.5. The number of nitrogens with zero attached hydrogens (tertiary/aromatic N) is 1. The Morgan fingerprint density at radius 2 is 1.82 bits per heavy atom. The van der Waals surface area contributed by atoms with Crippen molar-refractivity contribution in [1.82, 2.24) is 15.0 Å². The number of aryl methyl sites for hydroxylation is 1. The number of benzene rings is 1. The predicted molar refractivity (Wildman–Crippen MR) is 82.7 cm³/mol. The summed E-state index contributed by atoms with van der Waals surface area (Å²) in [5, 5.41) is 2.54. The summed E-state index contributed by atoms with van der Waals surface area (Å²) in [4.78, 5) is 16.0. The van der Waals surface area contributed by atoms with Gasteiger partial charge in [0, 0.05) is 6.20 Å². The van der Waals surface area contributed by atoms with E-state index in [0.29, 0.717) is 5.69 Å². The number of rotatable bonds is 4. The Morgan fingerprint density at radius 1 is 1.14 bits per heavy atom. The minimum absolute atomic E-state index is 0.0405. The van der Waals surface area contributed by atoms with Crippen LogP contribution in [0.2, 0.25) is 0 Å². The summed E-state index contributed by atoms with van der Waals surface area (Å²) in [5.41, 5.74) is 1.58. The van der Waals surface area contributed by atoms with Gasteiger partial charge in [-0.25, -0.2) is 17.9 Å². The molecule has 1 aromatic heterocycles. The van der Waals surface area contributed by atoms with Gasteiger partial charge in [0.2, 0.25) is 0 Å². The van der Waals surface area contributed by atoms with Crippen LogP contribution in [0.25, 0.3) is 0 Å². The maximum atomic E-state index is 12.1. The molecule has 2 aromatic rings. The van der Waals surface area contributed by atoms with E-state index < -0.39 is 22.1 Å². The third-order valence-corrected chi connectivity index (χ3v) is 4.38. The molecule has 0 fully saturated rings. The molecule has 0 bridgehead atoms. The van der Waals surface area contributed by atoms with E-state index in [4.69, 9.17) is 0 Å². The molecule has 2 amide bonds. The number of pyridine rings is 1. The van der Waals surface area contributed by atoms with Gasteiger partial charge in [-0.2, -0.15) is 0 Å². The second-order valence-electron chi connectivity index (χ2n) is 4.87. The van der Waals surface area contributed by atoms with Crippen molar-refractivity contribution in [2.75, 3.05) is 0 Å². The maximum Gasteiger partial charge on any atom is 0.329 e. The molecule has 0 radical (unpaired) electrons. The largest absolute Gasteiger partial charge is 0.329 e. The van der Waals surface area contributed by atoms with Gasteiger partial charge >= 0.3 is 6.03 Å². The van der Waals surface area contributed by atoms with Gasteiger partial charge in [0.1, 0.15) is 0 Å². The minimum Gasteiger partial charge on any atom is -0.329 e. The van der Waals surface area contributed by atoms with Crippen LogP contribution in [-0.4, -0.2) is 19.4 Å². The topological polar surface area (TPSA) is 88.2 Å². The molecule has 7 heteroatoms. The third kappa shape index (κ3) is 4.05. The molecule has 0 saturated carbocycles. The zero-order valence-corrected chi connectivity index (χ0v) is 13.1. The summed E-state index contributed by atoms with van der Waals surface area (Å²) in [5.74, 6) is 0. The first-order chi connectivity index (χ1) is 10.4. The molecule has 6 nitrogen and oxygen atoms in total. The zero-order chi connectivity index (χ0) is 16.2. The number of urea groups is 1. The van der Waals surface area contributed by atoms with Gasteiger partial charge in [0.25, 0.3) is 10.0 Å². The molecule has 2 rings (SSSR count). The monoisotopic (exact) mass is 319 g/mol. The van der Waals surface area contributed by atoms with E-state index in [-0.39, 0.29) is 4.90 Å². The van der Waals surface area contributed by atoms with Gasteiger partial charge in [0.15, 0.2) is 0 Å². The highest BCUT2D eigenvalue weighted by Crippen LogP contribution is 2.11. The Bertz CT molecular complexity index is 743. The van der Waals surface area contributed by atoms with Crippen LogP contribution >= 0.6 is 0 Å². The maximum absolute atomic E-state index is 12.1. The second kappa shape index (κ2) is 6.57. The van der Waals surface area contributed by atoms with Crippen LogP contribution in [0.3, 0.4) is 0 Å². The molecule has 0 saturated heterocycles. The van der Waals surface area contributed by atoms with Gasteiger partial charge in [-0.05, 0) is 38.1 Å². The fraction of sp³-hybridized carbons (Fsp3) is 0.200. The van der Waals surface area contributed by atoms with E-state index in [1.54, 1.807) is 43.5 Å². The summed E-state index contributed by atoms with van der Waals surface area (Å²) in [6, 6.07) is 10.3. The Hall–Kier alpha value is -2.41. The van der Waals surface area contributed by atoms with Crippen LogP contribution in [0, 0.1) is 6.92 Å². The molecule has 116 valence electrons. The summed E-state index contributed by atoms with van der Waals surface area (Å²) < 4.78 is 26.2. The number of sulfonamides is 1. The lowest BCUT2D eigenvalue weighted by Gasteiger charge is -2.14. The highest BCUT2D eigenvalue weighted by atomic mass is 32.2. The van der Waals surface area contributed by atoms with Crippen molar-refractivity contribution < 1.29 is 13.2 Å². The highest BCUT2D eigenvalue weighted by Gasteiger charge is 2.19. The van der Waals surface area contributed by atoms with Gasteiger partial charge in [-0.1, -0.05) is 23.8 Å². The van der Waals surface area contributed by atoms with Crippen LogP contribution in [0.15, 0.2) is 53.6 Å². The molecule has 1 unspecified atom stereocenters. The highest BCUT2D eigenvalue weighted by molar-refractivity contribution is 7.90. The number of amides is 2. The molecule has 0 aliphatic heterocycles. The van der Waals surface area contributed by atoms with Crippen LogP contribution < -0.4 is 10.0 Å². The molecule has 2 N–H and O–H groups in total. The lowest BCUT2D eigenvalue weighted by atomic mass is 10.2. The Kier molecular flexibility index (Phi) is 4.77. The SMILES string of the molecule is Cc1ccc(S(=O)(=O)NC(=O)NC(C)c2ccccn2)cc1. The van der Waals surface area contributed by atoms with Crippen LogP contribution in [-0.2, 0) is 10.0 Å². The molecule has 1 aromatic carbocycles. The number of hydrogen-bond donors (Lipinski definition) is 2. The fourth-order valence-corrected chi connectivity index (χ4v) is 2.75. The van der Waals surface area contributed by atoms with Crippen LogP contribution in [0.4, 0.5) is 4.79 Å². The van der Waals surface area contributed by atoms with Crippen molar-refractivity contribution >= 4 is 16.1 Å². The molecular weight excluding hydrogens is 302 g/mol. The van der Waals surface area contributed by atoms with Crippen molar-refractivity contribution in [2.45, 2.75) is 24.8 Å². The van der Waals surface area contributed by atoms with Crippen LogP contribution in [0.1, 0.15) is 24.2 Å². The van der Waals surface area contributed by atoms with E-state index in [2.05, 4.69) is 10.3 Å². The summed E-state index contributed by atoms with van der Waals surface area (Å²) in [6.07, 6.45) is 1.61. The smallest absolute Gasteiger partial charge is 0.329 e. The molecule has 0 aliphatic rings. The lowest BCUT2D eigenvalue weighted by molar-refractivity contribution is 0.242. The molecule has 1 heterocycles.